The first-order valence-corrected chi connectivity index (χ1v) is 7.33. The van der Waals surface area contributed by atoms with Crippen LogP contribution in [0.3, 0.4) is 0 Å². The molecule has 9 heteroatoms. The van der Waals surface area contributed by atoms with E-state index in [9.17, 15) is 4.79 Å². The van der Waals surface area contributed by atoms with Gasteiger partial charge in [0.25, 0.3) is 5.91 Å². The minimum absolute atomic E-state index is 0.285. The van der Waals surface area contributed by atoms with Crippen molar-refractivity contribution in [2.45, 2.75) is 0 Å². The van der Waals surface area contributed by atoms with Crippen LogP contribution in [0.5, 0.6) is 0 Å². The maximum Gasteiger partial charge on any atom is 0.278 e. The maximum atomic E-state index is 11.7. The van der Waals surface area contributed by atoms with Gasteiger partial charge in [-0.3, -0.25) is 10.1 Å². The summed E-state index contributed by atoms with van der Waals surface area (Å²) in [6, 6.07) is 1.93. The summed E-state index contributed by atoms with van der Waals surface area (Å²) in [5, 5.41) is 12.3. The summed E-state index contributed by atoms with van der Waals surface area (Å²) >= 11 is 3.84. The molecule has 0 atom stereocenters. The molecular weight excluding hydrogens is 290 g/mol. The predicted molar refractivity (Wildman–Crippen MR) is 71.1 cm³/mol. The maximum absolute atomic E-state index is 11.7. The number of nitrogens with zero attached hydrogens (tertiary/aromatic N) is 4. The van der Waals surface area contributed by atoms with Gasteiger partial charge < -0.3 is 0 Å². The lowest BCUT2D eigenvalue weighted by Gasteiger charge is -1.94. The first-order chi connectivity index (χ1) is 8.83. The van der Waals surface area contributed by atoms with Crippen molar-refractivity contribution in [2.24, 2.45) is 0 Å². The topological polar surface area (TPSA) is 80.7 Å². The Bertz CT molecular complexity index is 646. The van der Waals surface area contributed by atoms with Crippen LogP contribution in [0, 0.1) is 0 Å². The van der Waals surface area contributed by atoms with Gasteiger partial charge in [0.1, 0.15) is 0 Å². The van der Waals surface area contributed by atoms with E-state index in [4.69, 9.17) is 0 Å². The van der Waals surface area contributed by atoms with E-state index in [0.29, 0.717) is 11.0 Å². The predicted octanol–water partition coefficient (Wildman–Crippen LogP) is 2.37. The van der Waals surface area contributed by atoms with Crippen molar-refractivity contribution in [3.05, 3.63) is 27.9 Å². The van der Waals surface area contributed by atoms with Crippen LogP contribution in [-0.4, -0.2) is 24.9 Å². The van der Waals surface area contributed by atoms with E-state index < -0.39 is 0 Å². The lowest BCUT2D eigenvalue weighted by atomic mass is 10.3. The highest BCUT2D eigenvalue weighted by Gasteiger charge is 2.13. The number of thiophene rings is 1. The Morgan fingerprint density at radius 2 is 2.28 bits per heavy atom. The van der Waals surface area contributed by atoms with Crippen LogP contribution in [0.2, 0.25) is 0 Å². The second kappa shape index (κ2) is 4.88. The van der Waals surface area contributed by atoms with Crippen molar-refractivity contribution in [1.82, 2.24) is 18.9 Å². The third kappa shape index (κ3) is 2.28. The molecular formula is C9H5N5OS3. The van der Waals surface area contributed by atoms with E-state index in [-0.39, 0.29) is 11.6 Å². The lowest BCUT2D eigenvalue weighted by molar-refractivity contribution is 0.102. The Balaban J connectivity index is 1.76. The Labute approximate surface area is 114 Å². The van der Waals surface area contributed by atoms with E-state index >= 15 is 0 Å². The van der Waals surface area contributed by atoms with Gasteiger partial charge >= 0.3 is 0 Å². The van der Waals surface area contributed by atoms with Crippen molar-refractivity contribution in [3.63, 3.8) is 0 Å². The second-order valence-electron chi connectivity index (χ2n) is 3.18. The van der Waals surface area contributed by atoms with Crippen LogP contribution in [0.4, 0.5) is 5.13 Å². The van der Waals surface area contributed by atoms with Gasteiger partial charge in [0, 0.05) is 27.9 Å². The molecule has 0 spiro atoms. The number of hydrogen-bond donors (Lipinski definition) is 1. The third-order valence-corrected chi connectivity index (χ3v) is 3.84. The Hall–Kier alpha value is -1.71. The average molecular weight is 295 g/mol. The van der Waals surface area contributed by atoms with Crippen LogP contribution in [0.15, 0.2) is 22.2 Å². The zero-order chi connectivity index (χ0) is 12.4. The zero-order valence-electron chi connectivity index (χ0n) is 8.73. The zero-order valence-corrected chi connectivity index (χ0v) is 11.2. The van der Waals surface area contributed by atoms with E-state index in [2.05, 4.69) is 24.3 Å². The molecule has 3 aromatic heterocycles. The largest absolute Gasteiger partial charge is 0.295 e. The molecule has 0 aliphatic heterocycles. The fraction of sp³-hybridized carbons (Fsp3) is 0. The highest BCUT2D eigenvalue weighted by atomic mass is 32.1. The van der Waals surface area contributed by atoms with E-state index in [0.717, 1.165) is 28.6 Å². The van der Waals surface area contributed by atoms with Gasteiger partial charge in [-0.2, -0.15) is 20.7 Å². The minimum atomic E-state index is -0.322. The molecule has 1 amide bonds. The molecule has 6 nitrogen and oxygen atoms in total. The van der Waals surface area contributed by atoms with Crippen molar-refractivity contribution >= 4 is 45.4 Å². The number of carbonyl (C=O) groups is 1. The van der Waals surface area contributed by atoms with E-state index in [1.165, 1.54) is 0 Å². The van der Waals surface area contributed by atoms with Gasteiger partial charge in [0.05, 0.1) is 0 Å². The molecule has 0 saturated heterocycles. The number of aromatic nitrogens is 4. The Kier molecular flexibility index (Phi) is 3.09. The fourth-order valence-electron chi connectivity index (χ4n) is 1.21. The SMILES string of the molecule is O=C(Nc1nc(-c2ccsc2)ns1)c1csnn1. The lowest BCUT2D eigenvalue weighted by Crippen LogP contribution is -2.12. The molecule has 18 heavy (non-hydrogen) atoms. The van der Waals surface area contributed by atoms with Gasteiger partial charge in [-0.05, 0) is 23.0 Å². The summed E-state index contributed by atoms with van der Waals surface area (Å²) in [5.74, 6) is 0.296. The number of rotatable bonds is 3. The molecule has 3 aromatic rings. The molecule has 0 unspecified atom stereocenters. The van der Waals surface area contributed by atoms with Gasteiger partial charge in [0.15, 0.2) is 11.5 Å². The van der Waals surface area contributed by atoms with Crippen molar-refractivity contribution < 1.29 is 4.79 Å². The van der Waals surface area contributed by atoms with E-state index in [1.807, 2.05) is 16.8 Å². The normalized spacial score (nSPS) is 10.4. The molecule has 3 heterocycles. The van der Waals surface area contributed by atoms with Crippen molar-refractivity contribution in [2.75, 3.05) is 5.32 Å². The summed E-state index contributed by atoms with van der Waals surface area (Å²) < 4.78 is 7.81. The molecule has 0 saturated carbocycles. The molecule has 90 valence electrons. The smallest absolute Gasteiger partial charge is 0.278 e. The Morgan fingerprint density at radius 3 is 3.00 bits per heavy atom. The van der Waals surface area contributed by atoms with Crippen LogP contribution in [0.1, 0.15) is 10.5 Å². The van der Waals surface area contributed by atoms with Crippen LogP contribution in [0.25, 0.3) is 11.4 Å². The summed E-state index contributed by atoms with van der Waals surface area (Å²) in [4.78, 5) is 15.9. The van der Waals surface area contributed by atoms with Crippen molar-refractivity contribution in [3.8, 4) is 11.4 Å². The number of carbonyl (C=O) groups excluding carboxylic acids is 1. The number of nitrogens with one attached hydrogen (secondary N) is 1. The first-order valence-electron chi connectivity index (χ1n) is 4.77. The van der Waals surface area contributed by atoms with Crippen molar-refractivity contribution in [1.29, 1.82) is 0 Å². The van der Waals surface area contributed by atoms with Crippen LogP contribution in [-0.2, 0) is 0 Å². The quantitative estimate of drug-likeness (QED) is 0.802. The molecule has 0 aromatic carbocycles. The monoisotopic (exact) mass is 295 g/mol. The fourth-order valence-corrected chi connectivity index (χ4v) is 2.86. The number of anilines is 1. The molecule has 1 N–H and O–H groups in total. The van der Waals surface area contributed by atoms with E-state index in [1.54, 1.807) is 16.7 Å². The minimum Gasteiger partial charge on any atom is -0.295 e. The second-order valence-corrected chi connectivity index (χ2v) is 5.32. The highest BCUT2D eigenvalue weighted by Crippen LogP contribution is 2.23. The van der Waals surface area contributed by atoms with Gasteiger partial charge in [-0.1, -0.05) is 4.49 Å². The summed E-state index contributed by atoms with van der Waals surface area (Å²) in [6.45, 7) is 0. The number of amides is 1. The summed E-state index contributed by atoms with van der Waals surface area (Å²) in [7, 11) is 0. The highest BCUT2D eigenvalue weighted by molar-refractivity contribution is 7.10. The standard InChI is InChI=1S/C9H5N5OS3/c15-8(6-4-17-14-12-6)11-9-10-7(13-18-9)5-1-2-16-3-5/h1-4H,(H,10,11,13,15). The average Bonchev–Trinajstić information content (AvgIpc) is 3.12. The molecule has 3 rings (SSSR count). The molecule has 0 aliphatic carbocycles. The summed E-state index contributed by atoms with van der Waals surface area (Å²) in [6.07, 6.45) is 0. The van der Waals surface area contributed by atoms with Gasteiger partial charge in [0.2, 0.25) is 5.13 Å². The first kappa shape index (κ1) is 11.4. The third-order valence-electron chi connectivity index (χ3n) is 2.02. The molecule has 0 aliphatic rings. The Morgan fingerprint density at radius 1 is 1.33 bits per heavy atom. The molecule has 0 radical (unpaired) electrons. The number of hydrogen-bond acceptors (Lipinski definition) is 8. The van der Waals surface area contributed by atoms with Gasteiger partial charge in [-0.15, -0.1) is 5.10 Å². The summed E-state index contributed by atoms with van der Waals surface area (Å²) in [5.41, 5.74) is 1.24. The van der Waals surface area contributed by atoms with Crippen LogP contribution >= 0.6 is 34.4 Å². The van der Waals surface area contributed by atoms with Crippen LogP contribution < -0.4 is 5.32 Å². The molecule has 0 fully saturated rings. The molecule has 0 bridgehead atoms. The van der Waals surface area contributed by atoms with Gasteiger partial charge in [-0.25, -0.2) is 0 Å².